The number of ether oxygens (including phenoxy) is 1. The highest BCUT2D eigenvalue weighted by atomic mass is 32.1. The van der Waals surface area contributed by atoms with Crippen molar-refractivity contribution in [1.29, 1.82) is 0 Å². The van der Waals surface area contributed by atoms with E-state index < -0.39 is 0 Å². The molecule has 22 heavy (non-hydrogen) atoms. The number of aromatic nitrogens is 3. The average Bonchev–Trinajstić information content (AvgIpc) is 3.18. The Bertz CT molecular complexity index is 765. The largest absolute Gasteiger partial charge is 0.462 e. The normalized spacial score (nSPS) is 10.6. The molecule has 2 aromatic heterocycles. The Labute approximate surface area is 132 Å². The molecule has 0 aliphatic carbocycles. The summed E-state index contributed by atoms with van der Waals surface area (Å²) in [4.78, 5) is 17.3. The highest BCUT2D eigenvalue weighted by Gasteiger charge is 2.11. The third-order valence-electron chi connectivity index (χ3n) is 3.25. The molecule has 0 unspecified atom stereocenters. The smallest absolute Gasteiger partial charge is 0.341 e. The van der Waals surface area contributed by atoms with E-state index in [0.717, 1.165) is 16.3 Å². The highest BCUT2D eigenvalue weighted by Crippen LogP contribution is 2.13. The zero-order valence-electron chi connectivity index (χ0n) is 12.1. The molecule has 3 aromatic rings. The quantitative estimate of drug-likeness (QED) is 0.679. The van der Waals surface area contributed by atoms with Crippen LogP contribution in [0, 0.1) is 6.92 Å². The number of para-hydroxylation sites is 1. The van der Waals surface area contributed by atoms with Crippen molar-refractivity contribution in [3.63, 3.8) is 0 Å². The average molecular weight is 313 g/mol. The Morgan fingerprint density at radius 1 is 1.32 bits per heavy atom. The molecule has 0 aliphatic heterocycles. The number of carbonyl (C=O) groups is 1. The van der Waals surface area contributed by atoms with Gasteiger partial charge < -0.3 is 4.74 Å². The number of thiazole rings is 1. The molecule has 0 atom stereocenters. The van der Waals surface area contributed by atoms with Crippen LogP contribution in [0.15, 0.2) is 48.2 Å². The van der Waals surface area contributed by atoms with Crippen LogP contribution < -0.4 is 0 Å². The van der Waals surface area contributed by atoms with Crippen molar-refractivity contribution in [2.24, 2.45) is 0 Å². The molecule has 0 saturated carbocycles. The fourth-order valence-electron chi connectivity index (χ4n) is 2.04. The molecule has 0 fully saturated rings. The van der Waals surface area contributed by atoms with E-state index in [2.05, 4.69) is 10.1 Å². The number of nitrogens with zero attached hydrogens (tertiary/aromatic N) is 3. The Morgan fingerprint density at radius 2 is 2.14 bits per heavy atom. The number of rotatable bonds is 5. The van der Waals surface area contributed by atoms with Crippen molar-refractivity contribution in [1.82, 2.24) is 14.8 Å². The van der Waals surface area contributed by atoms with Crippen LogP contribution in [-0.2, 0) is 11.2 Å². The highest BCUT2D eigenvalue weighted by molar-refractivity contribution is 7.09. The lowest BCUT2D eigenvalue weighted by atomic mass is 10.3. The van der Waals surface area contributed by atoms with Crippen molar-refractivity contribution in [3.05, 3.63) is 64.4 Å². The third kappa shape index (κ3) is 3.23. The van der Waals surface area contributed by atoms with E-state index in [1.54, 1.807) is 27.7 Å². The number of carbonyl (C=O) groups excluding carboxylic acids is 1. The van der Waals surface area contributed by atoms with E-state index in [9.17, 15) is 4.79 Å². The van der Waals surface area contributed by atoms with Crippen LogP contribution in [0.2, 0.25) is 0 Å². The predicted octanol–water partition coefficient (Wildman–Crippen LogP) is 3.04. The van der Waals surface area contributed by atoms with Gasteiger partial charge in [0.05, 0.1) is 35.3 Å². The summed E-state index contributed by atoms with van der Waals surface area (Å²) < 4.78 is 6.95. The van der Waals surface area contributed by atoms with Gasteiger partial charge in [0.1, 0.15) is 0 Å². The zero-order chi connectivity index (χ0) is 15.4. The van der Waals surface area contributed by atoms with Gasteiger partial charge in [-0.15, -0.1) is 11.3 Å². The summed E-state index contributed by atoms with van der Waals surface area (Å²) in [5.41, 5.74) is 4.15. The molecular formula is C16H15N3O2S. The minimum absolute atomic E-state index is 0.346. The van der Waals surface area contributed by atoms with Gasteiger partial charge in [0.25, 0.3) is 0 Å². The van der Waals surface area contributed by atoms with Crippen LogP contribution in [0.25, 0.3) is 5.69 Å². The summed E-state index contributed by atoms with van der Waals surface area (Å²) in [5, 5.41) is 4.19. The molecule has 0 N–H and O–H groups in total. The van der Waals surface area contributed by atoms with Crippen LogP contribution in [0.5, 0.6) is 0 Å². The van der Waals surface area contributed by atoms with Gasteiger partial charge in [0.2, 0.25) is 0 Å². The molecule has 5 nitrogen and oxygen atoms in total. The number of esters is 1. The Hall–Kier alpha value is -2.47. The molecule has 3 rings (SSSR count). The summed E-state index contributed by atoms with van der Waals surface area (Å²) >= 11 is 1.58. The summed E-state index contributed by atoms with van der Waals surface area (Å²) in [6, 6.07) is 9.63. The molecule has 1 aromatic carbocycles. The number of benzene rings is 1. The van der Waals surface area contributed by atoms with Crippen LogP contribution in [0.3, 0.4) is 0 Å². The molecule has 6 heteroatoms. The molecule has 0 saturated heterocycles. The van der Waals surface area contributed by atoms with Gasteiger partial charge in [-0.3, -0.25) is 0 Å². The third-order valence-corrected chi connectivity index (χ3v) is 4.24. The van der Waals surface area contributed by atoms with Gasteiger partial charge in [-0.05, 0) is 19.1 Å². The molecular weight excluding hydrogens is 298 g/mol. The Balaban J connectivity index is 1.59. The van der Waals surface area contributed by atoms with Crippen LogP contribution in [0.1, 0.15) is 20.9 Å². The van der Waals surface area contributed by atoms with E-state index in [1.807, 2.05) is 37.3 Å². The lowest BCUT2D eigenvalue weighted by Gasteiger charge is -2.02. The van der Waals surface area contributed by atoms with Crippen molar-refractivity contribution < 1.29 is 9.53 Å². The van der Waals surface area contributed by atoms with Crippen molar-refractivity contribution in [2.75, 3.05) is 6.61 Å². The fraction of sp³-hybridized carbons (Fsp3) is 0.188. The van der Waals surface area contributed by atoms with E-state index in [4.69, 9.17) is 4.74 Å². The topological polar surface area (TPSA) is 57.0 Å². The minimum atomic E-state index is -0.357. The van der Waals surface area contributed by atoms with Crippen molar-refractivity contribution >= 4 is 17.3 Å². The van der Waals surface area contributed by atoms with Crippen LogP contribution in [-0.4, -0.2) is 27.3 Å². The maximum atomic E-state index is 12.0. The first-order valence-electron chi connectivity index (χ1n) is 6.90. The summed E-state index contributed by atoms with van der Waals surface area (Å²) in [7, 11) is 0. The van der Waals surface area contributed by atoms with Gasteiger partial charge in [-0.1, -0.05) is 18.2 Å². The lowest BCUT2D eigenvalue weighted by Crippen LogP contribution is -2.07. The monoisotopic (exact) mass is 313 g/mol. The first-order chi connectivity index (χ1) is 10.7. The first kappa shape index (κ1) is 14.5. The maximum Gasteiger partial charge on any atom is 0.341 e. The molecule has 0 radical (unpaired) electrons. The Morgan fingerprint density at radius 3 is 2.86 bits per heavy atom. The van der Waals surface area contributed by atoms with E-state index in [0.29, 0.717) is 18.6 Å². The summed E-state index contributed by atoms with van der Waals surface area (Å²) in [6.45, 7) is 2.30. The van der Waals surface area contributed by atoms with Gasteiger partial charge >= 0.3 is 5.97 Å². The molecule has 0 aliphatic rings. The van der Waals surface area contributed by atoms with Gasteiger partial charge in [-0.25, -0.2) is 14.5 Å². The predicted molar refractivity (Wildman–Crippen MR) is 84.4 cm³/mol. The number of hydrogen-bond acceptors (Lipinski definition) is 5. The second-order valence-corrected chi connectivity index (χ2v) is 5.70. The molecule has 0 spiro atoms. The zero-order valence-corrected chi connectivity index (χ0v) is 12.9. The number of hydrogen-bond donors (Lipinski definition) is 0. The number of aryl methyl sites for hydroxylation is 1. The van der Waals surface area contributed by atoms with Gasteiger partial charge in [-0.2, -0.15) is 5.10 Å². The van der Waals surface area contributed by atoms with Crippen LogP contribution in [0.4, 0.5) is 0 Å². The van der Waals surface area contributed by atoms with Crippen molar-refractivity contribution in [3.8, 4) is 5.69 Å². The van der Waals surface area contributed by atoms with E-state index >= 15 is 0 Å². The standard InChI is InChI=1S/C16H15N3O2S/c1-12-15(22-11-17-12)7-8-21-16(20)13-9-18-19(10-13)14-5-3-2-4-6-14/h2-6,9-11H,7-8H2,1H3. The maximum absolute atomic E-state index is 12.0. The minimum Gasteiger partial charge on any atom is -0.462 e. The van der Waals surface area contributed by atoms with Gasteiger partial charge in [0, 0.05) is 17.5 Å². The molecule has 2 heterocycles. The first-order valence-corrected chi connectivity index (χ1v) is 7.78. The lowest BCUT2D eigenvalue weighted by molar-refractivity contribution is 0.0510. The SMILES string of the molecule is Cc1ncsc1CCOC(=O)c1cnn(-c2ccccc2)c1. The molecule has 0 amide bonds. The van der Waals surface area contributed by atoms with Gasteiger partial charge in [0.15, 0.2) is 0 Å². The second kappa shape index (κ2) is 6.53. The molecule has 0 bridgehead atoms. The molecule has 112 valence electrons. The van der Waals surface area contributed by atoms with Crippen molar-refractivity contribution in [2.45, 2.75) is 13.3 Å². The Kier molecular flexibility index (Phi) is 4.29. The van der Waals surface area contributed by atoms with Crippen LogP contribution >= 0.6 is 11.3 Å². The van der Waals surface area contributed by atoms with E-state index in [1.165, 1.54) is 6.20 Å². The fourth-order valence-corrected chi connectivity index (χ4v) is 2.80. The second-order valence-electron chi connectivity index (χ2n) is 4.76. The summed E-state index contributed by atoms with van der Waals surface area (Å²) in [6.07, 6.45) is 3.89. The summed E-state index contributed by atoms with van der Waals surface area (Å²) in [5.74, 6) is -0.357. The van der Waals surface area contributed by atoms with E-state index in [-0.39, 0.29) is 5.97 Å².